The van der Waals surface area contributed by atoms with E-state index in [4.69, 9.17) is 4.74 Å². The molecule has 0 aliphatic rings. The van der Waals surface area contributed by atoms with Crippen LogP contribution in [0.1, 0.15) is 5.56 Å². The third-order valence-electron chi connectivity index (χ3n) is 2.19. The highest BCUT2D eigenvalue weighted by Gasteiger charge is 2.02. The SMILES string of the molecule is COc1ccc2cc(O)c(C)cc2n1. The van der Waals surface area contributed by atoms with Crippen molar-refractivity contribution in [3.05, 3.63) is 29.8 Å². The van der Waals surface area contributed by atoms with E-state index in [9.17, 15) is 5.11 Å². The Morgan fingerprint density at radius 1 is 1.29 bits per heavy atom. The number of phenols is 1. The van der Waals surface area contributed by atoms with E-state index in [0.717, 1.165) is 16.5 Å². The number of pyridine rings is 1. The average Bonchev–Trinajstić information content (AvgIpc) is 2.19. The smallest absolute Gasteiger partial charge is 0.213 e. The lowest BCUT2D eigenvalue weighted by molar-refractivity contribution is 0.399. The molecule has 0 spiro atoms. The minimum atomic E-state index is 0.296. The minimum Gasteiger partial charge on any atom is -0.508 e. The third kappa shape index (κ3) is 1.37. The van der Waals surface area contributed by atoms with Gasteiger partial charge in [0.2, 0.25) is 5.88 Å². The third-order valence-corrected chi connectivity index (χ3v) is 2.19. The van der Waals surface area contributed by atoms with Gasteiger partial charge in [-0.1, -0.05) is 0 Å². The van der Waals surface area contributed by atoms with Crippen molar-refractivity contribution in [3.63, 3.8) is 0 Å². The fourth-order valence-corrected chi connectivity index (χ4v) is 1.36. The van der Waals surface area contributed by atoms with E-state index in [2.05, 4.69) is 4.98 Å². The van der Waals surface area contributed by atoms with Gasteiger partial charge in [-0.15, -0.1) is 0 Å². The monoisotopic (exact) mass is 189 g/mol. The topological polar surface area (TPSA) is 42.4 Å². The Morgan fingerprint density at radius 2 is 2.07 bits per heavy atom. The first-order chi connectivity index (χ1) is 6.70. The Labute approximate surface area is 82.0 Å². The van der Waals surface area contributed by atoms with Crippen LogP contribution in [-0.2, 0) is 0 Å². The first-order valence-electron chi connectivity index (χ1n) is 4.35. The number of fused-ring (bicyclic) bond motifs is 1. The molecule has 1 N–H and O–H groups in total. The summed E-state index contributed by atoms with van der Waals surface area (Å²) in [4.78, 5) is 4.26. The average molecular weight is 189 g/mol. The van der Waals surface area contributed by atoms with Gasteiger partial charge in [0.25, 0.3) is 0 Å². The molecule has 0 saturated heterocycles. The summed E-state index contributed by atoms with van der Waals surface area (Å²) in [7, 11) is 1.58. The Morgan fingerprint density at radius 3 is 2.79 bits per heavy atom. The van der Waals surface area contributed by atoms with Crippen molar-refractivity contribution in [2.45, 2.75) is 6.92 Å². The largest absolute Gasteiger partial charge is 0.508 e. The van der Waals surface area contributed by atoms with Gasteiger partial charge < -0.3 is 9.84 Å². The molecule has 0 aliphatic heterocycles. The number of hydrogen-bond donors (Lipinski definition) is 1. The van der Waals surface area contributed by atoms with Crippen LogP contribution in [-0.4, -0.2) is 17.2 Å². The molecule has 0 amide bonds. The van der Waals surface area contributed by atoms with Crippen LogP contribution in [0.5, 0.6) is 11.6 Å². The van der Waals surface area contributed by atoms with Crippen LogP contribution in [0.15, 0.2) is 24.3 Å². The van der Waals surface area contributed by atoms with E-state index in [1.807, 2.05) is 19.1 Å². The van der Waals surface area contributed by atoms with Gasteiger partial charge in [-0.3, -0.25) is 0 Å². The number of benzene rings is 1. The van der Waals surface area contributed by atoms with Crippen LogP contribution in [0.4, 0.5) is 0 Å². The number of phenolic OH excluding ortho intramolecular Hbond substituents is 1. The molecular formula is C11H11NO2. The Balaban J connectivity index is 2.70. The van der Waals surface area contributed by atoms with Crippen LogP contribution in [0.3, 0.4) is 0 Å². The standard InChI is InChI=1S/C11H11NO2/c1-7-5-9-8(6-10(7)13)3-4-11(12-9)14-2/h3-6,13H,1-2H3. The molecule has 2 aromatic rings. The summed E-state index contributed by atoms with van der Waals surface area (Å²) >= 11 is 0. The molecule has 1 aromatic carbocycles. The van der Waals surface area contributed by atoms with Gasteiger partial charge in [0, 0.05) is 11.5 Å². The molecule has 3 nitrogen and oxygen atoms in total. The van der Waals surface area contributed by atoms with Crippen molar-refractivity contribution in [3.8, 4) is 11.6 Å². The normalized spacial score (nSPS) is 10.4. The van der Waals surface area contributed by atoms with Gasteiger partial charge in [0.1, 0.15) is 5.75 Å². The zero-order valence-electron chi connectivity index (χ0n) is 8.11. The fourth-order valence-electron chi connectivity index (χ4n) is 1.36. The summed E-state index contributed by atoms with van der Waals surface area (Å²) in [5.74, 6) is 0.882. The van der Waals surface area contributed by atoms with Gasteiger partial charge in [-0.25, -0.2) is 4.98 Å². The summed E-state index contributed by atoms with van der Waals surface area (Å²) in [5, 5.41) is 10.4. The summed E-state index contributed by atoms with van der Waals surface area (Å²) in [6.07, 6.45) is 0. The highest BCUT2D eigenvalue weighted by atomic mass is 16.5. The number of ether oxygens (including phenoxy) is 1. The molecule has 0 unspecified atom stereocenters. The Bertz CT molecular complexity index is 480. The van der Waals surface area contributed by atoms with Crippen LogP contribution in [0, 0.1) is 6.92 Å². The summed E-state index contributed by atoms with van der Waals surface area (Å²) in [6.45, 7) is 1.84. The van der Waals surface area contributed by atoms with E-state index in [1.165, 1.54) is 0 Å². The lowest BCUT2D eigenvalue weighted by Gasteiger charge is -2.03. The molecule has 0 fully saturated rings. The van der Waals surface area contributed by atoms with Crippen molar-refractivity contribution >= 4 is 10.9 Å². The number of aromatic nitrogens is 1. The van der Waals surface area contributed by atoms with Crippen molar-refractivity contribution in [1.82, 2.24) is 4.98 Å². The zero-order valence-corrected chi connectivity index (χ0v) is 8.11. The predicted octanol–water partition coefficient (Wildman–Crippen LogP) is 2.26. The van der Waals surface area contributed by atoms with Gasteiger partial charge in [-0.05, 0) is 30.7 Å². The van der Waals surface area contributed by atoms with E-state index < -0.39 is 0 Å². The summed E-state index contributed by atoms with van der Waals surface area (Å²) < 4.78 is 5.02. The number of aromatic hydroxyl groups is 1. The number of nitrogens with zero attached hydrogens (tertiary/aromatic N) is 1. The zero-order chi connectivity index (χ0) is 10.1. The quantitative estimate of drug-likeness (QED) is 0.748. The van der Waals surface area contributed by atoms with Crippen molar-refractivity contribution in [1.29, 1.82) is 0 Å². The molecule has 2 rings (SSSR count). The van der Waals surface area contributed by atoms with Crippen molar-refractivity contribution in [2.24, 2.45) is 0 Å². The van der Waals surface area contributed by atoms with Crippen molar-refractivity contribution in [2.75, 3.05) is 7.11 Å². The van der Waals surface area contributed by atoms with Crippen LogP contribution in [0.2, 0.25) is 0 Å². The van der Waals surface area contributed by atoms with Crippen molar-refractivity contribution < 1.29 is 9.84 Å². The second kappa shape index (κ2) is 3.18. The molecule has 0 radical (unpaired) electrons. The second-order valence-electron chi connectivity index (χ2n) is 3.19. The molecule has 0 atom stereocenters. The summed E-state index contributed by atoms with van der Waals surface area (Å²) in [6, 6.07) is 7.20. The van der Waals surface area contributed by atoms with E-state index in [0.29, 0.717) is 11.6 Å². The van der Waals surface area contributed by atoms with Gasteiger partial charge in [0.05, 0.1) is 12.6 Å². The van der Waals surface area contributed by atoms with Crippen LogP contribution >= 0.6 is 0 Å². The lowest BCUT2D eigenvalue weighted by Crippen LogP contribution is -1.88. The van der Waals surface area contributed by atoms with Gasteiger partial charge in [-0.2, -0.15) is 0 Å². The fraction of sp³-hybridized carbons (Fsp3) is 0.182. The van der Waals surface area contributed by atoms with Crippen LogP contribution in [0.25, 0.3) is 10.9 Å². The molecule has 72 valence electrons. The molecular weight excluding hydrogens is 178 g/mol. The maximum Gasteiger partial charge on any atom is 0.213 e. The lowest BCUT2D eigenvalue weighted by atomic mass is 10.1. The minimum absolute atomic E-state index is 0.296. The number of aryl methyl sites for hydroxylation is 1. The molecule has 0 saturated carbocycles. The Hall–Kier alpha value is -1.77. The van der Waals surface area contributed by atoms with E-state index in [-0.39, 0.29) is 0 Å². The Kier molecular flexibility index (Phi) is 2.00. The number of rotatable bonds is 1. The molecule has 1 aromatic heterocycles. The molecule has 1 heterocycles. The van der Waals surface area contributed by atoms with Crippen LogP contribution < -0.4 is 4.74 Å². The first kappa shape index (κ1) is 8.81. The molecule has 3 heteroatoms. The molecule has 0 aliphatic carbocycles. The summed E-state index contributed by atoms with van der Waals surface area (Å²) in [5.41, 5.74) is 1.65. The predicted molar refractivity (Wildman–Crippen MR) is 54.7 cm³/mol. The van der Waals surface area contributed by atoms with E-state index in [1.54, 1.807) is 19.2 Å². The highest BCUT2D eigenvalue weighted by Crippen LogP contribution is 2.24. The van der Waals surface area contributed by atoms with Gasteiger partial charge >= 0.3 is 0 Å². The second-order valence-corrected chi connectivity index (χ2v) is 3.19. The molecule has 0 bridgehead atoms. The number of hydrogen-bond acceptors (Lipinski definition) is 3. The van der Waals surface area contributed by atoms with Gasteiger partial charge in [0.15, 0.2) is 0 Å². The van der Waals surface area contributed by atoms with E-state index >= 15 is 0 Å². The number of methoxy groups -OCH3 is 1. The highest BCUT2D eigenvalue weighted by molar-refractivity contribution is 5.81. The maximum atomic E-state index is 9.48. The molecule has 14 heavy (non-hydrogen) atoms. The first-order valence-corrected chi connectivity index (χ1v) is 4.35. The maximum absolute atomic E-state index is 9.48.